The van der Waals surface area contributed by atoms with Crippen LogP contribution in [-0.4, -0.2) is 54.4 Å². The van der Waals surface area contributed by atoms with Gasteiger partial charge in [0.15, 0.2) is 0 Å². The van der Waals surface area contributed by atoms with E-state index >= 15 is 0 Å². The van der Waals surface area contributed by atoms with E-state index in [1.165, 1.54) is 5.56 Å². The van der Waals surface area contributed by atoms with Crippen molar-refractivity contribution in [1.29, 1.82) is 0 Å². The summed E-state index contributed by atoms with van der Waals surface area (Å²) in [5.41, 5.74) is 4.87. The molecule has 2 aromatic rings. The maximum atomic E-state index is 12.4. The zero-order valence-corrected chi connectivity index (χ0v) is 22.4. The summed E-state index contributed by atoms with van der Waals surface area (Å²) in [7, 11) is -1.62. The van der Waals surface area contributed by atoms with Crippen LogP contribution < -0.4 is 0 Å². The van der Waals surface area contributed by atoms with E-state index in [2.05, 4.69) is 42.5 Å². The van der Waals surface area contributed by atoms with Gasteiger partial charge in [0.2, 0.25) is 5.91 Å². The fraction of sp³-hybridized carbons (Fsp3) is 0.429. The molecule has 0 atom stereocenters. The molecule has 0 aliphatic carbocycles. The predicted octanol–water partition coefficient (Wildman–Crippen LogP) is 4.73. The lowest BCUT2D eigenvalue weighted by molar-refractivity contribution is -0.133. The molecule has 0 saturated carbocycles. The van der Waals surface area contributed by atoms with E-state index in [1.807, 2.05) is 37.3 Å². The lowest BCUT2D eigenvalue weighted by atomic mass is 9.83. The molecule has 0 spiro atoms. The van der Waals surface area contributed by atoms with Crippen molar-refractivity contribution in [3.8, 4) is 0 Å². The van der Waals surface area contributed by atoms with Crippen LogP contribution in [0.5, 0.6) is 0 Å². The highest BCUT2D eigenvalue weighted by molar-refractivity contribution is 6.73. The standard InChI is InChI=1S/C28H36N2O4Si/c1-6-34-27(32)22-7-8-23-18-30(35(3,4)5)19-26(25(23)17-22)21-9-11-24(12-10-21)28(33)13-15-29(16-14-28)20(2)31/h7-12,17,19,33H,6,13-16,18H2,1-5H3. The number of piperidine rings is 1. The summed E-state index contributed by atoms with van der Waals surface area (Å²) in [5.74, 6) is -0.254. The molecule has 2 aromatic carbocycles. The van der Waals surface area contributed by atoms with Crippen LogP contribution in [0, 0.1) is 0 Å². The third-order valence-corrected chi connectivity index (χ3v) is 9.18. The van der Waals surface area contributed by atoms with Crippen LogP contribution in [-0.2, 0) is 21.7 Å². The molecular weight excluding hydrogens is 456 g/mol. The maximum absolute atomic E-state index is 12.4. The van der Waals surface area contributed by atoms with E-state index in [1.54, 1.807) is 11.8 Å². The van der Waals surface area contributed by atoms with Crippen LogP contribution in [0.2, 0.25) is 19.6 Å². The number of esters is 1. The summed E-state index contributed by atoms with van der Waals surface area (Å²) in [6.45, 7) is 12.7. The Labute approximate surface area is 209 Å². The first-order chi connectivity index (χ1) is 16.5. The van der Waals surface area contributed by atoms with E-state index in [-0.39, 0.29) is 11.9 Å². The number of hydrogen-bond acceptors (Lipinski definition) is 5. The first-order valence-corrected chi connectivity index (χ1v) is 15.8. The summed E-state index contributed by atoms with van der Waals surface area (Å²) in [6.07, 6.45) is 3.30. The van der Waals surface area contributed by atoms with Crippen molar-refractivity contribution in [1.82, 2.24) is 9.47 Å². The first-order valence-electron chi connectivity index (χ1n) is 12.4. The summed E-state index contributed by atoms with van der Waals surface area (Å²) in [6, 6.07) is 14.0. The third kappa shape index (κ3) is 5.21. The number of likely N-dealkylation sites (tertiary alicyclic amines) is 1. The van der Waals surface area contributed by atoms with Crippen LogP contribution in [0.15, 0.2) is 48.7 Å². The van der Waals surface area contributed by atoms with Gasteiger partial charge in [0.05, 0.1) is 17.8 Å². The Hall–Kier alpha value is -2.90. The molecule has 35 heavy (non-hydrogen) atoms. The van der Waals surface area contributed by atoms with Crippen molar-refractivity contribution in [2.45, 2.75) is 58.5 Å². The Morgan fingerprint density at radius 2 is 1.71 bits per heavy atom. The minimum absolute atomic E-state index is 0.0550. The van der Waals surface area contributed by atoms with Crippen molar-refractivity contribution < 1.29 is 19.4 Å². The van der Waals surface area contributed by atoms with Gasteiger partial charge >= 0.3 is 5.97 Å². The topological polar surface area (TPSA) is 70.1 Å². The number of hydrogen-bond donors (Lipinski definition) is 1. The molecular formula is C28H36N2O4Si. The van der Waals surface area contributed by atoms with Gasteiger partial charge in [-0.1, -0.05) is 50.0 Å². The molecule has 1 saturated heterocycles. The van der Waals surface area contributed by atoms with Crippen molar-refractivity contribution in [3.05, 3.63) is 76.5 Å². The second-order valence-corrected chi connectivity index (χ2v) is 15.5. The molecule has 2 aliphatic heterocycles. The quantitative estimate of drug-likeness (QED) is 0.483. The lowest BCUT2D eigenvalue weighted by Crippen LogP contribution is -2.44. The normalized spacial score (nSPS) is 17.5. The van der Waals surface area contributed by atoms with Crippen molar-refractivity contribution in [3.63, 3.8) is 0 Å². The SMILES string of the molecule is CCOC(=O)c1ccc2c(c1)C(c1ccc(C3(O)CCN(C(C)=O)CC3)cc1)=CN([Si](C)(C)C)C2. The summed E-state index contributed by atoms with van der Waals surface area (Å²) < 4.78 is 7.69. The second-order valence-electron chi connectivity index (χ2n) is 10.5. The number of benzene rings is 2. The zero-order valence-electron chi connectivity index (χ0n) is 21.4. The number of carbonyl (C=O) groups excluding carboxylic acids is 2. The van der Waals surface area contributed by atoms with Gasteiger partial charge in [-0.3, -0.25) is 4.79 Å². The number of rotatable bonds is 5. The van der Waals surface area contributed by atoms with E-state index in [4.69, 9.17) is 4.74 Å². The van der Waals surface area contributed by atoms with E-state index < -0.39 is 13.8 Å². The average Bonchev–Trinajstić information content (AvgIpc) is 2.83. The van der Waals surface area contributed by atoms with Gasteiger partial charge in [0, 0.05) is 32.1 Å². The Morgan fingerprint density at radius 1 is 1.06 bits per heavy atom. The van der Waals surface area contributed by atoms with Crippen molar-refractivity contribution in [2.24, 2.45) is 0 Å². The van der Waals surface area contributed by atoms with Gasteiger partial charge in [-0.05, 0) is 60.4 Å². The Balaban J connectivity index is 1.68. The van der Waals surface area contributed by atoms with Crippen LogP contribution in [0.3, 0.4) is 0 Å². The largest absolute Gasteiger partial charge is 0.462 e. The Morgan fingerprint density at radius 3 is 2.29 bits per heavy atom. The molecule has 186 valence electrons. The number of fused-ring (bicyclic) bond motifs is 1. The highest BCUT2D eigenvalue weighted by Gasteiger charge is 2.35. The van der Waals surface area contributed by atoms with Gasteiger partial charge < -0.3 is 19.3 Å². The summed E-state index contributed by atoms with van der Waals surface area (Å²) in [4.78, 5) is 25.9. The number of carbonyl (C=O) groups is 2. The van der Waals surface area contributed by atoms with E-state index in [9.17, 15) is 14.7 Å². The monoisotopic (exact) mass is 492 g/mol. The molecule has 0 unspecified atom stereocenters. The molecule has 1 fully saturated rings. The van der Waals surface area contributed by atoms with Crippen LogP contribution in [0.4, 0.5) is 0 Å². The molecule has 7 heteroatoms. The number of ether oxygens (including phenoxy) is 1. The molecule has 0 radical (unpaired) electrons. The van der Waals surface area contributed by atoms with Gasteiger partial charge in [-0.2, -0.15) is 0 Å². The average molecular weight is 493 g/mol. The predicted molar refractivity (Wildman–Crippen MR) is 140 cm³/mol. The molecule has 1 N–H and O–H groups in total. The van der Waals surface area contributed by atoms with Gasteiger partial charge in [0.1, 0.15) is 8.24 Å². The fourth-order valence-corrected chi connectivity index (χ4v) is 6.02. The van der Waals surface area contributed by atoms with Crippen molar-refractivity contribution in [2.75, 3.05) is 19.7 Å². The molecule has 0 bridgehead atoms. The number of nitrogens with zero attached hydrogens (tertiary/aromatic N) is 2. The molecule has 1 amide bonds. The van der Waals surface area contributed by atoms with Crippen molar-refractivity contribution >= 4 is 25.7 Å². The number of aliphatic hydroxyl groups is 1. The number of amides is 1. The van der Waals surface area contributed by atoms with Gasteiger partial charge in [-0.25, -0.2) is 4.79 Å². The highest BCUT2D eigenvalue weighted by Crippen LogP contribution is 2.37. The van der Waals surface area contributed by atoms with E-state index in [0.717, 1.165) is 28.8 Å². The molecule has 6 nitrogen and oxygen atoms in total. The van der Waals surface area contributed by atoms with Crippen LogP contribution in [0.25, 0.3) is 5.57 Å². The summed E-state index contributed by atoms with van der Waals surface area (Å²) >= 11 is 0. The lowest BCUT2D eigenvalue weighted by Gasteiger charge is -2.39. The zero-order chi connectivity index (χ0) is 25.4. The third-order valence-electron chi connectivity index (χ3n) is 7.17. The minimum atomic E-state index is -1.62. The summed E-state index contributed by atoms with van der Waals surface area (Å²) in [5, 5.41) is 11.3. The van der Waals surface area contributed by atoms with Gasteiger partial charge in [0.25, 0.3) is 0 Å². The second kappa shape index (κ2) is 9.63. The maximum Gasteiger partial charge on any atom is 0.338 e. The van der Waals surface area contributed by atoms with E-state index in [0.29, 0.717) is 38.1 Å². The fourth-order valence-electron chi connectivity index (χ4n) is 4.86. The smallest absolute Gasteiger partial charge is 0.338 e. The minimum Gasteiger partial charge on any atom is -0.462 e. The Kier molecular flexibility index (Phi) is 6.93. The molecule has 4 rings (SSSR count). The molecule has 0 aromatic heterocycles. The molecule has 2 heterocycles. The highest BCUT2D eigenvalue weighted by atomic mass is 28.3. The Bertz CT molecular complexity index is 1140. The van der Waals surface area contributed by atoms with Crippen LogP contribution in [0.1, 0.15) is 59.3 Å². The van der Waals surface area contributed by atoms with Gasteiger partial charge in [-0.15, -0.1) is 0 Å². The van der Waals surface area contributed by atoms with Crippen LogP contribution >= 0.6 is 0 Å². The first kappa shape index (κ1) is 25.2. The molecule has 2 aliphatic rings.